The third-order valence-electron chi connectivity index (χ3n) is 4.37. The Bertz CT molecular complexity index is 1110. The summed E-state index contributed by atoms with van der Waals surface area (Å²) in [5.74, 6) is 1.46. The fraction of sp³-hybridized carbons (Fsp3) is 0.0909. The van der Waals surface area contributed by atoms with Gasteiger partial charge in [-0.1, -0.05) is 23.4 Å². The number of para-hydroxylation sites is 1. The highest BCUT2D eigenvalue weighted by Gasteiger charge is 2.13. The number of amides is 1. The van der Waals surface area contributed by atoms with Crippen LogP contribution in [-0.2, 0) is 6.42 Å². The van der Waals surface area contributed by atoms with E-state index >= 15 is 0 Å². The van der Waals surface area contributed by atoms with Gasteiger partial charge in [-0.25, -0.2) is 0 Å². The number of rotatable bonds is 6. The molecule has 0 aliphatic carbocycles. The Labute approximate surface area is 167 Å². The van der Waals surface area contributed by atoms with Crippen molar-refractivity contribution in [2.45, 2.75) is 6.42 Å². The molecule has 0 saturated heterocycles. The summed E-state index contributed by atoms with van der Waals surface area (Å²) in [7, 11) is 1.59. The van der Waals surface area contributed by atoms with Crippen molar-refractivity contribution in [2.24, 2.45) is 0 Å². The summed E-state index contributed by atoms with van der Waals surface area (Å²) in [5, 5.41) is 6.97. The quantitative estimate of drug-likeness (QED) is 0.539. The fourth-order valence-electron chi connectivity index (χ4n) is 2.84. The van der Waals surface area contributed by atoms with Crippen molar-refractivity contribution in [1.29, 1.82) is 0 Å². The first-order valence-electron chi connectivity index (χ1n) is 8.99. The van der Waals surface area contributed by atoms with Gasteiger partial charge in [0.25, 0.3) is 5.91 Å². The lowest BCUT2D eigenvalue weighted by molar-refractivity contribution is 0.102. The van der Waals surface area contributed by atoms with Gasteiger partial charge in [0.15, 0.2) is 0 Å². The molecule has 1 amide bonds. The molecule has 2 heterocycles. The van der Waals surface area contributed by atoms with Crippen molar-refractivity contribution in [3.05, 3.63) is 90.1 Å². The van der Waals surface area contributed by atoms with Gasteiger partial charge in [0.05, 0.1) is 13.5 Å². The molecule has 4 aromatic rings. The smallest absolute Gasteiger partial charge is 0.255 e. The Kier molecular flexibility index (Phi) is 5.29. The molecule has 4 rings (SSSR count). The van der Waals surface area contributed by atoms with Crippen LogP contribution in [0.15, 0.2) is 77.6 Å². The van der Waals surface area contributed by atoms with Crippen LogP contribution in [0.3, 0.4) is 0 Å². The summed E-state index contributed by atoms with van der Waals surface area (Å²) in [5.41, 5.74) is 2.94. The van der Waals surface area contributed by atoms with Crippen LogP contribution in [-0.4, -0.2) is 28.1 Å². The lowest BCUT2D eigenvalue weighted by Crippen LogP contribution is -2.13. The summed E-state index contributed by atoms with van der Waals surface area (Å²) in [4.78, 5) is 21.0. The van der Waals surface area contributed by atoms with E-state index in [-0.39, 0.29) is 5.91 Å². The zero-order chi connectivity index (χ0) is 20.1. The molecule has 0 aliphatic heterocycles. The molecule has 0 radical (unpaired) electrons. The average molecular weight is 386 g/mol. The predicted molar refractivity (Wildman–Crippen MR) is 108 cm³/mol. The molecule has 1 N–H and O–H groups in total. The zero-order valence-electron chi connectivity index (χ0n) is 15.7. The zero-order valence-corrected chi connectivity index (χ0v) is 15.7. The van der Waals surface area contributed by atoms with Crippen LogP contribution in [0.2, 0.25) is 0 Å². The van der Waals surface area contributed by atoms with Crippen molar-refractivity contribution >= 4 is 11.6 Å². The SMILES string of the molecule is COc1ccc(C(=O)Nc2ccccc2Cc2nc(-c3ccncc3)no2)cc1. The molecule has 144 valence electrons. The molecule has 0 saturated carbocycles. The van der Waals surface area contributed by atoms with Gasteiger partial charge in [-0.3, -0.25) is 9.78 Å². The molecule has 0 spiro atoms. The molecule has 0 bridgehead atoms. The van der Waals surface area contributed by atoms with Gasteiger partial charge in [0.1, 0.15) is 5.75 Å². The number of ether oxygens (including phenoxy) is 1. The summed E-state index contributed by atoms with van der Waals surface area (Å²) >= 11 is 0. The maximum atomic E-state index is 12.6. The summed E-state index contributed by atoms with van der Waals surface area (Å²) in [6, 6.07) is 18.1. The second-order valence-electron chi connectivity index (χ2n) is 6.26. The third-order valence-corrected chi connectivity index (χ3v) is 4.37. The van der Waals surface area contributed by atoms with Crippen molar-refractivity contribution < 1.29 is 14.1 Å². The second kappa shape index (κ2) is 8.35. The maximum absolute atomic E-state index is 12.6. The van der Waals surface area contributed by atoms with Crippen LogP contribution in [0.5, 0.6) is 5.75 Å². The molecule has 0 atom stereocenters. The number of hydrogen-bond donors (Lipinski definition) is 1. The molecule has 0 unspecified atom stereocenters. The van der Waals surface area contributed by atoms with E-state index in [1.807, 2.05) is 36.4 Å². The minimum Gasteiger partial charge on any atom is -0.497 e. The van der Waals surface area contributed by atoms with Crippen LogP contribution in [0.1, 0.15) is 21.8 Å². The Morgan fingerprint density at radius 3 is 2.55 bits per heavy atom. The van der Waals surface area contributed by atoms with E-state index in [9.17, 15) is 4.79 Å². The topological polar surface area (TPSA) is 90.1 Å². The van der Waals surface area contributed by atoms with Gasteiger partial charge in [-0.05, 0) is 48.0 Å². The second-order valence-corrected chi connectivity index (χ2v) is 6.26. The summed E-state index contributed by atoms with van der Waals surface area (Å²) in [6.07, 6.45) is 3.75. The summed E-state index contributed by atoms with van der Waals surface area (Å²) in [6.45, 7) is 0. The molecule has 0 fully saturated rings. The molecule has 2 aromatic carbocycles. The van der Waals surface area contributed by atoms with Gasteiger partial charge in [0, 0.05) is 29.2 Å². The Morgan fingerprint density at radius 2 is 1.79 bits per heavy atom. The summed E-state index contributed by atoms with van der Waals surface area (Å²) < 4.78 is 10.5. The molecular formula is C22H18N4O3. The largest absolute Gasteiger partial charge is 0.497 e. The van der Waals surface area contributed by atoms with Crippen LogP contribution in [0.4, 0.5) is 5.69 Å². The van der Waals surface area contributed by atoms with Crippen LogP contribution >= 0.6 is 0 Å². The number of aromatic nitrogens is 3. The molecule has 0 aliphatic rings. The van der Waals surface area contributed by atoms with E-state index in [1.165, 1.54) is 0 Å². The molecule has 2 aromatic heterocycles. The van der Waals surface area contributed by atoms with Gasteiger partial charge >= 0.3 is 0 Å². The number of nitrogens with zero attached hydrogens (tertiary/aromatic N) is 3. The van der Waals surface area contributed by atoms with Gasteiger partial charge in [-0.2, -0.15) is 4.98 Å². The maximum Gasteiger partial charge on any atom is 0.255 e. The minimum absolute atomic E-state index is 0.205. The van der Waals surface area contributed by atoms with E-state index in [0.717, 1.165) is 11.1 Å². The van der Waals surface area contributed by atoms with E-state index in [0.29, 0.717) is 35.1 Å². The van der Waals surface area contributed by atoms with E-state index in [1.54, 1.807) is 43.8 Å². The first-order chi connectivity index (χ1) is 14.2. The number of carbonyl (C=O) groups is 1. The Hall–Kier alpha value is -4.00. The van der Waals surface area contributed by atoms with Crippen LogP contribution < -0.4 is 10.1 Å². The van der Waals surface area contributed by atoms with Crippen LogP contribution in [0.25, 0.3) is 11.4 Å². The minimum atomic E-state index is -0.205. The standard InChI is InChI=1S/C22H18N4O3/c1-28-18-8-6-16(7-9-18)22(27)24-19-5-3-2-4-17(19)14-20-25-21(26-29-20)15-10-12-23-13-11-15/h2-13H,14H2,1H3,(H,24,27). The highest BCUT2D eigenvalue weighted by molar-refractivity contribution is 6.04. The predicted octanol–water partition coefficient (Wildman–Crippen LogP) is 3.98. The van der Waals surface area contributed by atoms with Gasteiger partial charge in [0.2, 0.25) is 11.7 Å². The van der Waals surface area contributed by atoms with Gasteiger partial charge in [-0.15, -0.1) is 0 Å². The number of carbonyl (C=O) groups excluding carboxylic acids is 1. The lowest BCUT2D eigenvalue weighted by Gasteiger charge is -2.10. The molecule has 7 heteroatoms. The van der Waals surface area contributed by atoms with E-state index in [4.69, 9.17) is 9.26 Å². The first kappa shape index (κ1) is 18.4. The first-order valence-corrected chi connectivity index (χ1v) is 8.99. The van der Waals surface area contributed by atoms with E-state index in [2.05, 4.69) is 20.4 Å². The average Bonchev–Trinajstić information content (AvgIpc) is 3.24. The van der Waals surface area contributed by atoms with Crippen molar-refractivity contribution in [1.82, 2.24) is 15.1 Å². The highest BCUT2D eigenvalue weighted by atomic mass is 16.5. The number of methoxy groups -OCH3 is 1. The Balaban J connectivity index is 1.51. The molecular weight excluding hydrogens is 368 g/mol. The number of anilines is 1. The van der Waals surface area contributed by atoms with Crippen LogP contribution in [0, 0.1) is 0 Å². The highest BCUT2D eigenvalue weighted by Crippen LogP contribution is 2.22. The molecule has 29 heavy (non-hydrogen) atoms. The van der Waals surface area contributed by atoms with Crippen molar-refractivity contribution in [2.75, 3.05) is 12.4 Å². The van der Waals surface area contributed by atoms with Crippen molar-refractivity contribution in [3.63, 3.8) is 0 Å². The number of benzene rings is 2. The number of pyridine rings is 1. The van der Waals surface area contributed by atoms with Gasteiger partial charge < -0.3 is 14.6 Å². The normalized spacial score (nSPS) is 10.5. The fourth-order valence-corrected chi connectivity index (χ4v) is 2.84. The monoisotopic (exact) mass is 386 g/mol. The third kappa shape index (κ3) is 4.30. The number of nitrogens with one attached hydrogen (secondary N) is 1. The Morgan fingerprint density at radius 1 is 1.03 bits per heavy atom. The lowest BCUT2D eigenvalue weighted by atomic mass is 10.1. The van der Waals surface area contributed by atoms with Crippen molar-refractivity contribution in [3.8, 4) is 17.1 Å². The van der Waals surface area contributed by atoms with E-state index < -0.39 is 0 Å². The molecule has 7 nitrogen and oxygen atoms in total. The number of hydrogen-bond acceptors (Lipinski definition) is 6.